The van der Waals surface area contributed by atoms with Gasteiger partial charge in [-0.05, 0) is 7.05 Å². The molecule has 0 radical (unpaired) electrons. The highest BCUT2D eigenvalue weighted by Crippen LogP contribution is 1.97. The Morgan fingerprint density at radius 1 is 1.75 bits per heavy atom. The first kappa shape index (κ1) is 5.79. The highest BCUT2D eigenvalue weighted by Gasteiger charge is 2.06. The van der Waals surface area contributed by atoms with Crippen LogP contribution in [0.15, 0.2) is 12.2 Å². The molecule has 0 saturated carbocycles. The van der Waals surface area contributed by atoms with Gasteiger partial charge in [0.1, 0.15) is 0 Å². The van der Waals surface area contributed by atoms with Crippen LogP contribution in [0.5, 0.6) is 0 Å². The molecule has 1 heterocycles. The number of likely N-dealkylation sites (N-methyl/N-ethyl adjacent to an activating group) is 1. The Labute approximate surface area is 49.4 Å². The number of hydrogen-bond donors (Lipinski definition) is 1. The largest absolute Gasteiger partial charge is 0.388 e. The molecule has 0 unspecified atom stereocenters. The minimum Gasteiger partial charge on any atom is -0.388 e. The molecule has 0 bridgehead atoms. The third kappa shape index (κ3) is 1.32. The molecule has 0 fully saturated rings. The van der Waals surface area contributed by atoms with Crippen molar-refractivity contribution < 1.29 is 5.11 Å². The SMILES string of the molecule is CN1CC=C[C@H](O)C1. The molecular formula is C6H11NO. The van der Waals surface area contributed by atoms with E-state index in [1.54, 1.807) is 0 Å². The van der Waals surface area contributed by atoms with Crippen LogP contribution in [0.1, 0.15) is 0 Å². The van der Waals surface area contributed by atoms with Crippen molar-refractivity contribution in [2.45, 2.75) is 6.10 Å². The fourth-order valence-electron chi connectivity index (χ4n) is 0.853. The van der Waals surface area contributed by atoms with Gasteiger partial charge in [-0.2, -0.15) is 0 Å². The molecule has 0 aromatic heterocycles. The van der Waals surface area contributed by atoms with Crippen molar-refractivity contribution in [3.63, 3.8) is 0 Å². The van der Waals surface area contributed by atoms with Crippen molar-refractivity contribution in [1.29, 1.82) is 0 Å². The van der Waals surface area contributed by atoms with E-state index in [2.05, 4.69) is 4.90 Å². The third-order valence-corrected chi connectivity index (χ3v) is 1.27. The summed E-state index contributed by atoms with van der Waals surface area (Å²) < 4.78 is 0. The minimum atomic E-state index is -0.242. The lowest BCUT2D eigenvalue weighted by atomic mass is 10.2. The van der Waals surface area contributed by atoms with Crippen LogP contribution in [0.4, 0.5) is 0 Å². The highest BCUT2D eigenvalue weighted by molar-refractivity contribution is 4.96. The average molecular weight is 113 g/mol. The van der Waals surface area contributed by atoms with Gasteiger partial charge >= 0.3 is 0 Å². The first-order valence-corrected chi connectivity index (χ1v) is 2.82. The van der Waals surface area contributed by atoms with Gasteiger partial charge in [0.05, 0.1) is 6.10 Å². The fraction of sp³-hybridized carbons (Fsp3) is 0.667. The highest BCUT2D eigenvalue weighted by atomic mass is 16.3. The molecule has 2 nitrogen and oxygen atoms in total. The van der Waals surface area contributed by atoms with E-state index in [9.17, 15) is 0 Å². The van der Waals surface area contributed by atoms with Gasteiger partial charge in [-0.25, -0.2) is 0 Å². The number of aliphatic hydroxyl groups is 1. The van der Waals surface area contributed by atoms with Crippen molar-refractivity contribution in [3.05, 3.63) is 12.2 Å². The Morgan fingerprint density at radius 2 is 2.50 bits per heavy atom. The van der Waals surface area contributed by atoms with Gasteiger partial charge < -0.3 is 5.11 Å². The summed E-state index contributed by atoms with van der Waals surface area (Å²) >= 11 is 0. The number of aliphatic hydroxyl groups excluding tert-OH is 1. The topological polar surface area (TPSA) is 23.5 Å². The molecule has 0 aromatic rings. The molecular weight excluding hydrogens is 102 g/mol. The fourth-order valence-corrected chi connectivity index (χ4v) is 0.853. The second-order valence-electron chi connectivity index (χ2n) is 2.22. The van der Waals surface area contributed by atoms with Crippen LogP contribution in [-0.2, 0) is 0 Å². The van der Waals surface area contributed by atoms with Crippen LogP contribution in [0, 0.1) is 0 Å². The smallest absolute Gasteiger partial charge is 0.0848 e. The Morgan fingerprint density at radius 3 is 2.88 bits per heavy atom. The minimum absolute atomic E-state index is 0.242. The summed E-state index contributed by atoms with van der Waals surface area (Å²) in [5, 5.41) is 8.95. The van der Waals surface area contributed by atoms with Gasteiger partial charge in [-0.15, -0.1) is 0 Å². The lowest BCUT2D eigenvalue weighted by Crippen LogP contribution is -2.31. The van der Waals surface area contributed by atoms with Crippen molar-refractivity contribution in [2.75, 3.05) is 20.1 Å². The van der Waals surface area contributed by atoms with E-state index >= 15 is 0 Å². The van der Waals surface area contributed by atoms with E-state index in [-0.39, 0.29) is 6.10 Å². The summed E-state index contributed by atoms with van der Waals surface area (Å²) in [6.45, 7) is 1.74. The number of nitrogens with zero attached hydrogens (tertiary/aromatic N) is 1. The van der Waals surface area contributed by atoms with Crippen molar-refractivity contribution in [1.82, 2.24) is 4.90 Å². The Kier molecular flexibility index (Phi) is 1.65. The summed E-state index contributed by atoms with van der Waals surface area (Å²) in [4.78, 5) is 2.07. The average Bonchev–Trinajstić information content (AvgIpc) is 1.64. The van der Waals surface area contributed by atoms with E-state index in [0.29, 0.717) is 0 Å². The standard InChI is InChI=1S/C6H11NO/c1-7-4-2-3-6(8)5-7/h2-3,6,8H,4-5H2,1H3/t6-/m0/s1. The lowest BCUT2D eigenvalue weighted by Gasteiger charge is -2.20. The maximum atomic E-state index is 8.95. The van der Waals surface area contributed by atoms with E-state index in [1.807, 2.05) is 19.2 Å². The zero-order valence-corrected chi connectivity index (χ0v) is 5.04. The second-order valence-corrected chi connectivity index (χ2v) is 2.22. The van der Waals surface area contributed by atoms with Gasteiger partial charge in [0, 0.05) is 13.1 Å². The van der Waals surface area contributed by atoms with Crippen LogP contribution >= 0.6 is 0 Å². The summed E-state index contributed by atoms with van der Waals surface area (Å²) in [6.07, 6.45) is 3.57. The van der Waals surface area contributed by atoms with E-state index in [0.717, 1.165) is 13.1 Å². The van der Waals surface area contributed by atoms with Crippen molar-refractivity contribution >= 4 is 0 Å². The number of hydrogen-bond acceptors (Lipinski definition) is 2. The molecule has 0 saturated heterocycles. The molecule has 0 amide bonds. The Bertz CT molecular complexity index is 101. The molecule has 1 aliphatic heterocycles. The molecule has 1 atom stereocenters. The van der Waals surface area contributed by atoms with Crippen molar-refractivity contribution in [2.24, 2.45) is 0 Å². The maximum absolute atomic E-state index is 8.95. The summed E-state index contributed by atoms with van der Waals surface area (Å²) in [5.41, 5.74) is 0. The molecule has 1 N–H and O–H groups in total. The normalized spacial score (nSPS) is 31.0. The van der Waals surface area contributed by atoms with Crippen molar-refractivity contribution in [3.8, 4) is 0 Å². The Hall–Kier alpha value is -0.340. The predicted molar refractivity (Wildman–Crippen MR) is 32.6 cm³/mol. The van der Waals surface area contributed by atoms with Crippen LogP contribution in [0.3, 0.4) is 0 Å². The zero-order chi connectivity index (χ0) is 5.98. The monoisotopic (exact) mass is 113 g/mol. The summed E-state index contributed by atoms with van der Waals surface area (Å²) in [5.74, 6) is 0. The molecule has 0 aliphatic carbocycles. The van der Waals surface area contributed by atoms with Crippen LogP contribution < -0.4 is 0 Å². The first-order chi connectivity index (χ1) is 3.79. The first-order valence-electron chi connectivity index (χ1n) is 2.82. The van der Waals surface area contributed by atoms with E-state index in [1.165, 1.54) is 0 Å². The van der Waals surface area contributed by atoms with Crippen LogP contribution in [0.2, 0.25) is 0 Å². The lowest BCUT2D eigenvalue weighted by molar-refractivity contribution is 0.161. The third-order valence-electron chi connectivity index (χ3n) is 1.27. The molecule has 2 heteroatoms. The summed E-state index contributed by atoms with van der Waals surface area (Å²) in [7, 11) is 1.99. The van der Waals surface area contributed by atoms with Gasteiger partial charge in [-0.1, -0.05) is 12.2 Å². The Balaban J connectivity index is 2.42. The second kappa shape index (κ2) is 2.29. The van der Waals surface area contributed by atoms with Crippen LogP contribution in [-0.4, -0.2) is 36.2 Å². The van der Waals surface area contributed by atoms with Gasteiger partial charge in [-0.3, -0.25) is 4.90 Å². The van der Waals surface area contributed by atoms with Gasteiger partial charge in [0.2, 0.25) is 0 Å². The molecule has 1 rings (SSSR count). The zero-order valence-electron chi connectivity index (χ0n) is 5.04. The number of β-amino-alcohol motifs (C(OH)–C–C–N with tert-alkyl or cyclic N) is 1. The molecule has 0 aromatic carbocycles. The molecule has 1 aliphatic rings. The summed E-state index contributed by atoms with van der Waals surface area (Å²) in [6, 6.07) is 0. The predicted octanol–water partition coefficient (Wildman–Crippen LogP) is -0.151. The van der Waals surface area contributed by atoms with E-state index in [4.69, 9.17) is 5.11 Å². The van der Waals surface area contributed by atoms with Gasteiger partial charge in [0.15, 0.2) is 0 Å². The molecule has 46 valence electrons. The quantitative estimate of drug-likeness (QED) is 0.441. The van der Waals surface area contributed by atoms with Crippen LogP contribution in [0.25, 0.3) is 0 Å². The number of rotatable bonds is 0. The van der Waals surface area contributed by atoms with E-state index < -0.39 is 0 Å². The maximum Gasteiger partial charge on any atom is 0.0848 e. The molecule has 8 heavy (non-hydrogen) atoms. The molecule has 0 spiro atoms. The van der Waals surface area contributed by atoms with Gasteiger partial charge in [0.25, 0.3) is 0 Å².